The van der Waals surface area contributed by atoms with E-state index in [1.165, 1.54) is 57.8 Å². The molecular weight excluding hydrogens is 859 g/mol. The van der Waals surface area contributed by atoms with Gasteiger partial charge in [-0.15, -0.1) is 0 Å². The van der Waals surface area contributed by atoms with E-state index in [0.717, 1.165) is 96.3 Å². The maximum Gasteiger partial charge on any atom is 0.306 e. The first kappa shape index (κ1) is 62.9. The zero-order valence-corrected chi connectivity index (χ0v) is 42.7. The van der Waals surface area contributed by atoms with E-state index in [-0.39, 0.29) is 19.4 Å². The number of aliphatic hydroxyl groups is 5. The standard InChI is InChI=1S/C57H97NO10/c1-4-7-10-13-16-19-22-24-25-26-27-30-32-35-38-41-44-50(61)56(65)58-48(49(60)43-40-37-34-31-29-23-20-17-14-11-8-5-2)47-66-57-55(54(64)53(63)51(46-59)67-57)68-52(62)45-42-39-36-33-28-21-18-15-12-9-6-3/h7,10,15-16,18-19,24-25,27,30,35,38,40,43,48-51,53-55,57,59-61,63-64H,4-6,8-9,11-14,17,20-23,26,28-29,31-34,36-37,39,41-42,44-47H2,1-3H3,(H,58,65)/b10-7-,18-15-,19-16-,25-24-,30-27-,38-35-,43-40+. The van der Waals surface area contributed by atoms with E-state index in [1.54, 1.807) is 6.08 Å². The van der Waals surface area contributed by atoms with Crippen molar-refractivity contribution in [2.75, 3.05) is 13.2 Å². The second-order valence-electron chi connectivity index (χ2n) is 18.2. The van der Waals surface area contributed by atoms with Crippen molar-refractivity contribution in [1.82, 2.24) is 5.32 Å². The summed E-state index contributed by atoms with van der Waals surface area (Å²) in [5, 5.41) is 56.5. The van der Waals surface area contributed by atoms with Gasteiger partial charge >= 0.3 is 5.97 Å². The van der Waals surface area contributed by atoms with Crippen LogP contribution in [0.5, 0.6) is 0 Å². The van der Waals surface area contributed by atoms with Gasteiger partial charge in [-0.1, -0.05) is 196 Å². The van der Waals surface area contributed by atoms with Crippen molar-refractivity contribution in [2.24, 2.45) is 0 Å². The molecule has 1 aliphatic rings. The second-order valence-corrected chi connectivity index (χ2v) is 18.2. The van der Waals surface area contributed by atoms with Crippen LogP contribution in [0.3, 0.4) is 0 Å². The molecule has 68 heavy (non-hydrogen) atoms. The summed E-state index contributed by atoms with van der Waals surface area (Å²) < 4.78 is 17.5. The Hall–Kier alpha value is -3.16. The molecule has 0 bridgehead atoms. The molecular formula is C57H97NO10. The number of aliphatic hydroxyl groups excluding tert-OH is 5. The predicted octanol–water partition coefficient (Wildman–Crippen LogP) is 11.4. The van der Waals surface area contributed by atoms with Gasteiger partial charge in [-0.2, -0.15) is 0 Å². The molecule has 0 aromatic heterocycles. The number of nitrogens with one attached hydrogen (secondary N) is 1. The highest BCUT2D eigenvalue weighted by atomic mass is 16.7. The lowest BCUT2D eigenvalue weighted by molar-refractivity contribution is -0.305. The summed E-state index contributed by atoms with van der Waals surface area (Å²) in [6.45, 7) is 5.55. The number of carbonyl (C=O) groups is 2. The summed E-state index contributed by atoms with van der Waals surface area (Å²) in [5.41, 5.74) is 0. The molecule has 1 fully saturated rings. The van der Waals surface area contributed by atoms with E-state index < -0.39 is 67.4 Å². The third-order valence-corrected chi connectivity index (χ3v) is 12.0. The van der Waals surface area contributed by atoms with Crippen LogP contribution in [0, 0.1) is 0 Å². The molecule has 0 aromatic rings. The number of amides is 1. The summed E-state index contributed by atoms with van der Waals surface area (Å²) in [4.78, 5) is 26.3. The molecule has 1 heterocycles. The van der Waals surface area contributed by atoms with Gasteiger partial charge in [-0.05, 0) is 83.5 Å². The molecule has 8 atom stereocenters. The van der Waals surface area contributed by atoms with Crippen LogP contribution in [-0.4, -0.2) is 99.6 Å². The van der Waals surface area contributed by atoms with Crippen molar-refractivity contribution < 1.29 is 49.3 Å². The minimum atomic E-state index is -1.63. The Morgan fingerprint density at radius 1 is 0.588 bits per heavy atom. The number of carbonyl (C=O) groups excluding carboxylic acids is 2. The first-order chi connectivity index (χ1) is 33.2. The molecule has 6 N–H and O–H groups in total. The van der Waals surface area contributed by atoms with Crippen molar-refractivity contribution in [1.29, 1.82) is 0 Å². The van der Waals surface area contributed by atoms with Crippen LogP contribution < -0.4 is 5.32 Å². The first-order valence-corrected chi connectivity index (χ1v) is 26.9. The summed E-state index contributed by atoms with van der Waals surface area (Å²) in [7, 11) is 0. The number of unbranched alkanes of at least 4 members (excludes halogenated alkanes) is 17. The predicted molar refractivity (Wildman–Crippen MR) is 278 cm³/mol. The quantitative estimate of drug-likeness (QED) is 0.0196. The van der Waals surface area contributed by atoms with E-state index in [4.69, 9.17) is 14.2 Å². The molecule has 1 amide bonds. The Morgan fingerprint density at radius 3 is 1.63 bits per heavy atom. The summed E-state index contributed by atoms with van der Waals surface area (Å²) in [6, 6.07) is -1.06. The van der Waals surface area contributed by atoms with Crippen LogP contribution in [0.1, 0.15) is 201 Å². The summed E-state index contributed by atoms with van der Waals surface area (Å²) in [5.74, 6) is -1.28. The Bertz CT molecular complexity index is 1420. The number of hydrogen-bond acceptors (Lipinski definition) is 10. The highest BCUT2D eigenvalue weighted by Gasteiger charge is 2.47. The van der Waals surface area contributed by atoms with Crippen LogP contribution >= 0.6 is 0 Å². The minimum absolute atomic E-state index is 0.102. The van der Waals surface area contributed by atoms with Gasteiger partial charge in [0.25, 0.3) is 0 Å². The highest BCUT2D eigenvalue weighted by molar-refractivity contribution is 5.80. The Morgan fingerprint density at radius 2 is 1.07 bits per heavy atom. The molecule has 8 unspecified atom stereocenters. The van der Waals surface area contributed by atoms with Crippen LogP contribution in [0.2, 0.25) is 0 Å². The monoisotopic (exact) mass is 956 g/mol. The largest absolute Gasteiger partial charge is 0.454 e. The Kier molecular flexibility index (Phi) is 41.6. The molecule has 0 spiro atoms. The SMILES string of the molecule is CC/C=C\C/C=C\C/C=C\C/C=C\C/C=C\CCC(O)C(=O)NC(COC1OC(CO)C(O)C(O)C1OC(=O)CCCCCCC/C=C\CCCC)C(O)/C=C/CCCCCCCCCCCC. The maximum absolute atomic E-state index is 13.3. The van der Waals surface area contributed by atoms with Gasteiger partial charge in [0.05, 0.1) is 25.4 Å². The van der Waals surface area contributed by atoms with Gasteiger partial charge in [0.2, 0.25) is 5.91 Å². The molecule has 1 saturated heterocycles. The normalized spacial score (nSPS) is 20.6. The average Bonchev–Trinajstić information content (AvgIpc) is 3.33. The van der Waals surface area contributed by atoms with Crippen LogP contribution in [0.25, 0.3) is 0 Å². The molecule has 11 nitrogen and oxygen atoms in total. The van der Waals surface area contributed by atoms with Gasteiger partial charge in [-0.25, -0.2) is 0 Å². The highest BCUT2D eigenvalue weighted by Crippen LogP contribution is 2.26. The first-order valence-electron chi connectivity index (χ1n) is 26.9. The second kappa shape index (κ2) is 45.0. The number of allylic oxidation sites excluding steroid dienone is 13. The summed E-state index contributed by atoms with van der Waals surface area (Å²) >= 11 is 0. The summed E-state index contributed by atoms with van der Waals surface area (Å²) in [6.07, 6.45) is 46.5. The molecule has 11 heteroatoms. The molecule has 0 saturated carbocycles. The molecule has 1 rings (SSSR count). The minimum Gasteiger partial charge on any atom is -0.454 e. The van der Waals surface area contributed by atoms with E-state index in [0.29, 0.717) is 12.8 Å². The van der Waals surface area contributed by atoms with E-state index >= 15 is 0 Å². The Balaban J connectivity index is 2.83. The zero-order valence-electron chi connectivity index (χ0n) is 42.7. The van der Waals surface area contributed by atoms with Crippen LogP contribution in [0.15, 0.2) is 85.1 Å². The van der Waals surface area contributed by atoms with Crippen LogP contribution in [0.4, 0.5) is 0 Å². The van der Waals surface area contributed by atoms with Crippen molar-refractivity contribution >= 4 is 11.9 Å². The number of esters is 1. The van der Waals surface area contributed by atoms with Gasteiger partial charge < -0.3 is 45.1 Å². The van der Waals surface area contributed by atoms with E-state index in [9.17, 15) is 35.1 Å². The molecule has 1 aliphatic heterocycles. The third kappa shape index (κ3) is 33.4. The number of hydrogen-bond donors (Lipinski definition) is 6. The fraction of sp³-hybridized carbons (Fsp3) is 0.719. The van der Waals surface area contributed by atoms with E-state index in [2.05, 4.69) is 86.8 Å². The van der Waals surface area contributed by atoms with Crippen molar-refractivity contribution in [3.05, 3.63) is 85.1 Å². The lowest BCUT2D eigenvalue weighted by Crippen LogP contribution is -2.61. The van der Waals surface area contributed by atoms with Gasteiger partial charge in [0.15, 0.2) is 12.4 Å². The fourth-order valence-electron chi connectivity index (χ4n) is 7.72. The molecule has 0 aliphatic carbocycles. The molecule has 0 radical (unpaired) electrons. The Labute approximate surface area is 413 Å². The molecule has 0 aromatic carbocycles. The van der Waals surface area contributed by atoms with Crippen LogP contribution in [-0.2, 0) is 23.8 Å². The topological polar surface area (TPSA) is 175 Å². The van der Waals surface area contributed by atoms with Crippen molar-refractivity contribution in [3.8, 4) is 0 Å². The van der Waals surface area contributed by atoms with E-state index in [1.807, 2.05) is 18.2 Å². The zero-order chi connectivity index (χ0) is 49.7. The van der Waals surface area contributed by atoms with Gasteiger partial charge in [-0.3, -0.25) is 9.59 Å². The smallest absolute Gasteiger partial charge is 0.306 e. The lowest BCUT2D eigenvalue weighted by atomic mass is 9.99. The van der Waals surface area contributed by atoms with Crippen molar-refractivity contribution in [2.45, 2.75) is 250 Å². The number of ether oxygens (including phenoxy) is 3. The van der Waals surface area contributed by atoms with Crippen molar-refractivity contribution in [3.63, 3.8) is 0 Å². The van der Waals surface area contributed by atoms with Gasteiger partial charge in [0, 0.05) is 6.42 Å². The number of rotatable bonds is 43. The average molecular weight is 956 g/mol. The maximum atomic E-state index is 13.3. The fourth-order valence-corrected chi connectivity index (χ4v) is 7.72. The third-order valence-electron chi connectivity index (χ3n) is 12.0. The molecule has 390 valence electrons. The van der Waals surface area contributed by atoms with Gasteiger partial charge in [0.1, 0.15) is 24.4 Å². The lowest BCUT2D eigenvalue weighted by Gasteiger charge is -2.41.